The zero-order valence-corrected chi connectivity index (χ0v) is 12.5. The summed E-state index contributed by atoms with van der Waals surface area (Å²) in [6, 6.07) is 0.686. The molecule has 0 amide bonds. The van der Waals surface area contributed by atoms with E-state index in [1.807, 2.05) is 6.08 Å². The molecule has 0 aliphatic carbocycles. The summed E-state index contributed by atoms with van der Waals surface area (Å²) in [5.74, 6) is 0.870. The lowest BCUT2D eigenvalue weighted by molar-refractivity contribution is 0.168. The Kier molecular flexibility index (Phi) is 8.36. The lowest BCUT2D eigenvalue weighted by Gasteiger charge is -2.32. The Bertz CT molecular complexity index is 207. The largest absolute Gasteiger partial charge is 0.316 e. The third-order valence-corrected chi connectivity index (χ3v) is 3.98. The van der Waals surface area contributed by atoms with Crippen molar-refractivity contribution in [3.8, 4) is 0 Å². The van der Waals surface area contributed by atoms with Gasteiger partial charge in [-0.25, -0.2) is 0 Å². The van der Waals surface area contributed by atoms with Crippen molar-refractivity contribution in [3.05, 3.63) is 12.7 Å². The maximum atomic E-state index is 3.78. The minimum atomic E-state index is 0.686. The predicted molar refractivity (Wildman–Crippen MR) is 81.0 cm³/mol. The van der Waals surface area contributed by atoms with Gasteiger partial charge in [0, 0.05) is 12.6 Å². The van der Waals surface area contributed by atoms with Crippen molar-refractivity contribution in [1.29, 1.82) is 0 Å². The summed E-state index contributed by atoms with van der Waals surface area (Å²) in [7, 11) is 0. The van der Waals surface area contributed by atoms with Crippen molar-refractivity contribution >= 4 is 0 Å². The van der Waals surface area contributed by atoms with E-state index in [9.17, 15) is 0 Å². The number of unbranched alkanes of at least 4 members (excludes halogenated alkanes) is 3. The number of nitrogens with zero attached hydrogens (tertiary/aromatic N) is 1. The molecule has 0 saturated carbocycles. The van der Waals surface area contributed by atoms with Gasteiger partial charge in [-0.15, -0.1) is 6.58 Å². The Balaban J connectivity index is 2.19. The number of allylic oxidation sites excluding steroid dienone is 1. The smallest absolute Gasteiger partial charge is 0.00387 e. The lowest BCUT2D eigenvalue weighted by Crippen LogP contribution is -2.41. The van der Waals surface area contributed by atoms with E-state index in [-0.39, 0.29) is 0 Å². The first kappa shape index (κ1) is 15.7. The monoisotopic (exact) mass is 252 g/mol. The summed E-state index contributed by atoms with van der Waals surface area (Å²) >= 11 is 0. The Morgan fingerprint density at radius 3 is 2.78 bits per heavy atom. The maximum absolute atomic E-state index is 3.78. The van der Waals surface area contributed by atoms with Crippen molar-refractivity contribution < 1.29 is 0 Å². The molecule has 18 heavy (non-hydrogen) atoms. The molecule has 1 heterocycles. The van der Waals surface area contributed by atoms with Crippen LogP contribution in [0.5, 0.6) is 0 Å². The highest BCUT2D eigenvalue weighted by Crippen LogP contribution is 2.14. The van der Waals surface area contributed by atoms with Crippen molar-refractivity contribution in [2.24, 2.45) is 5.92 Å². The van der Waals surface area contributed by atoms with Crippen LogP contribution in [0.2, 0.25) is 0 Å². The molecule has 1 aliphatic rings. The zero-order valence-electron chi connectivity index (χ0n) is 12.5. The van der Waals surface area contributed by atoms with Gasteiger partial charge in [-0.1, -0.05) is 12.5 Å². The van der Waals surface area contributed by atoms with Crippen LogP contribution < -0.4 is 5.32 Å². The van der Waals surface area contributed by atoms with E-state index in [4.69, 9.17) is 0 Å². The first-order valence-corrected chi connectivity index (χ1v) is 7.79. The van der Waals surface area contributed by atoms with Gasteiger partial charge in [-0.3, -0.25) is 0 Å². The van der Waals surface area contributed by atoms with Crippen molar-refractivity contribution in [1.82, 2.24) is 10.2 Å². The minimum absolute atomic E-state index is 0.686. The molecular formula is C16H32N2. The van der Waals surface area contributed by atoms with Crippen LogP contribution in [0.15, 0.2) is 12.7 Å². The van der Waals surface area contributed by atoms with Gasteiger partial charge in [0.1, 0.15) is 0 Å². The molecule has 2 nitrogen and oxygen atoms in total. The van der Waals surface area contributed by atoms with Crippen LogP contribution in [0.1, 0.15) is 52.4 Å². The van der Waals surface area contributed by atoms with E-state index in [0.29, 0.717) is 6.04 Å². The van der Waals surface area contributed by atoms with E-state index in [1.165, 1.54) is 64.7 Å². The summed E-state index contributed by atoms with van der Waals surface area (Å²) in [6.45, 7) is 13.4. The quantitative estimate of drug-likeness (QED) is 0.499. The second-order valence-electron chi connectivity index (χ2n) is 5.94. The van der Waals surface area contributed by atoms with E-state index in [1.54, 1.807) is 0 Å². The number of hydrogen-bond donors (Lipinski definition) is 1. The fraction of sp³-hybridized carbons (Fsp3) is 0.875. The molecule has 2 heteroatoms. The third-order valence-electron chi connectivity index (χ3n) is 3.98. The van der Waals surface area contributed by atoms with Gasteiger partial charge in [0.25, 0.3) is 0 Å². The molecule has 0 aromatic rings. The molecule has 1 atom stereocenters. The predicted octanol–water partition coefficient (Wildman–Crippen LogP) is 3.44. The maximum Gasteiger partial charge on any atom is 0.00387 e. The van der Waals surface area contributed by atoms with E-state index >= 15 is 0 Å². The fourth-order valence-electron chi connectivity index (χ4n) is 2.75. The summed E-state index contributed by atoms with van der Waals surface area (Å²) in [5, 5.41) is 3.53. The highest BCUT2D eigenvalue weighted by atomic mass is 15.1. The summed E-state index contributed by atoms with van der Waals surface area (Å²) in [5.41, 5.74) is 0. The second kappa shape index (κ2) is 9.57. The molecule has 1 aliphatic heterocycles. The lowest BCUT2D eigenvalue weighted by atomic mass is 9.98. The molecule has 0 radical (unpaired) electrons. The van der Waals surface area contributed by atoms with Crippen LogP contribution in [-0.2, 0) is 0 Å². The molecule has 0 aromatic heterocycles. The molecule has 1 fully saturated rings. The van der Waals surface area contributed by atoms with Crippen LogP contribution in [-0.4, -0.2) is 37.1 Å². The Hall–Kier alpha value is -0.340. The van der Waals surface area contributed by atoms with Gasteiger partial charge in [-0.05, 0) is 71.5 Å². The van der Waals surface area contributed by atoms with Crippen LogP contribution in [0.3, 0.4) is 0 Å². The number of rotatable bonds is 9. The molecule has 1 saturated heterocycles. The van der Waals surface area contributed by atoms with E-state index in [2.05, 4.69) is 30.6 Å². The first-order valence-electron chi connectivity index (χ1n) is 7.79. The Morgan fingerprint density at radius 1 is 1.33 bits per heavy atom. The van der Waals surface area contributed by atoms with E-state index in [0.717, 1.165) is 5.92 Å². The zero-order chi connectivity index (χ0) is 13.2. The second-order valence-corrected chi connectivity index (χ2v) is 5.94. The van der Waals surface area contributed by atoms with Gasteiger partial charge in [0.05, 0.1) is 0 Å². The van der Waals surface area contributed by atoms with Gasteiger partial charge in [0.2, 0.25) is 0 Å². The summed E-state index contributed by atoms with van der Waals surface area (Å²) in [6.07, 6.45) is 9.97. The van der Waals surface area contributed by atoms with Crippen LogP contribution >= 0.6 is 0 Å². The summed E-state index contributed by atoms with van der Waals surface area (Å²) in [4.78, 5) is 2.67. The van der Waals surface area contributed by atoms with Gasteiger partial charge in [0.15, 0.2) is 0 Å². The Morgan fingerprint density at radius 2 is 2.17 bits per heavy atom. The molecule has 0 bridgehead atoms. The van der Waals surface area contributed by atoms with Crippen molar-refractivity contribution in [3.63, 3.8) is 0 Å². The molecule has 0 spiro atoms. The number of piperidine rings is 1. The highest BCUT2D eigenvalue weighted by molar-refractivity contribution is 4.75. The summed E-state index contributed by atoms with van der Waals surface area (Å²) < 4.78 is 0. The van der Waals surface area contributed by atoms with Gasteiger partial charge >= 0.3 is 0 Å². The van der Waals surface area contributed by atoms with Crippen LogP contribution in [0.25, 0.3) is 0 Å². The first-order chi connectivity index (χ1) is 8.74. The standard InChI is InChI=1S/C16H32N2/c1-4-5-6-7-8-12-18(15(2)3)14-16-10-9-11-17-13-16/h4,15-17H,1,5-14H2,2-3H3. The van der Waals surface area contributed by atoms with Crippen molar-refractivity contribution in [2.75, 3.05) is 26.2 Å². The molecule has 0 aromatic carbocycles. The molecular weight excluding hydrogens is 220 g/mol. The fourth-order valence-corrected chi connectivity index (χ4v) is 2.75. The normalized spacial score (nSPS) is 20.6. The third kappa shape index (κ3) is 6.55. The SMILES string of the molecule is C=CCCCCCN(CC1CCCNC1)C(C)C. The highest BCUT2D eigenvalue weighted by Gasteiger charge is 2.18. The topological polar surface area (TPSA) is 15.3 Å². The average molecular weight is 252 g/mol. The number of nitrogens with one attached hydrogen (secondary N) is 1. The Labute approximate surface area is 114 Å². The number of hydrogen-bond acceptors (Lipinski definition) is 2. The molecule has 1 unspecified atom stereocenters. The van der Waals surface area contributed by atoms with Gasteiger partial charge < -0.3 is 10.2 Å². The molecule has 1 N–H and O–H groups in total. The van der Waals surface area contributed by atoms with Gasteiger partial charge in [-0.2, -0.15) is 0 Å². The molecule has 1 rings (SSSR count). The minimum Gasteiger partial charge on any atom is -0.316 e. The van der Waals surface area contributed by atoms with E-state index < -0.39 is 0 Å². The molecule has 106 valence electrons. The van der Waals surface area contributed by atoms with Crippen molar-refractivity contribution in [2.45, 2.75) is 58.4 Å². The van der Waals surface area contributed by atoms with Crippen LogP contribution in [0.4, 0.5) is 0 Å². The average Bonchev–Trinajstić information content (AvgIpc) is 2.38. The van der Waals surface area contributed by atoms with Crippen LogP contribution in [0, 0.1) is 5.92 Å².